The Kier molecular flexibility index (Phi) is 7.36. The first-order chi connectivity index (χ1) is 12.7. The molecule has 0 bridgehead atoms. The van der Waals surface area contributed by atoms with E-state index in [4.69, 9.17) is 9.47 Å². The summed E-state index contributed by atoms with van der Waals surface area (Å²) in [6.45, 7) is 5.44. The van der Waals surface area contributed by atoms with Crippen LogP contribution in [0.1, 0.15) is 31.9 Å². The summed E-state index contributed by atoms with van der Waals surface area (Å²) < 4.78 is 11.3. The molecule has 1 amide bonds. The van der Waals surface area contributed by atoms with Crippen molar-refractivity contribution in [2.75, 3.05) is 0 Å². The lowest BCUT2D eigenvalue weighted by Gasteiger charge is -2.24. The van der Waals surface area contributed by atoms with Crippen molar-refractivity contribution < 1.29 is 19.1 Å². The van der Waals surface area contributed by atoms with E-state index in [9.17, 15) is 9.59 Å². The van der Waals surface area contributed by atoms with Crippen LogP contribution in [0.15, 0.2) is 53.3 Å². The summed E-state index contributed by atoms with van der Waals surface area (Å²) >= 11 is 3.27. The second-order valence-electron chi connectivity index (χ2n) is 6.99. The molecule has 2 aromatic rings. The van der Waals surface area contributed by atoms with E-state index in [2.05, 4.69) is 26.2 Å². The standard InChI is InChI=1S/C20H23BrN2O4/c1-20(2,3)27-18(24)16(11-15-9-10-17(21)22-12-15)23-19(25)26-13-14-7-5-4-6-8-14/h4-10,12,16H,11,13H2,1-3H3,(H,23,25)/t16-/m0/s1. The van der Waals surface area contributed by atoms with Crippen molar-refractivity contribution >= 4 is 28.0 Å². The minimum Gasteiger partial charge on any atom is -0.458 e. The maximum absolute atomic E-state index is 12.5. The van der Waals surface area contributed by atoms with E-state index < -0.39 is 23.7 Å². The van der Waals surface area contributed by atoms with Crippen molar-refractivity contribution in [3.05, 3.63) is 64.4 Å². The topological polar surface area (TPSA) is 77.5 Å². The van der Waals surface area contributed by atoms with Gasteiger partial charge in [-0.2, -0.15) is 0 Å². The molecular formula is C20H23BrN2O4. The lowest BCUT2D eigenvalue weighted by Crippen LogP contribution is -2.45. The van der Waals surface area contributed by atoms with E-state index in [1.165, 1.54) is 0 Å². The summed E-state index contributed by atoms with van der Waals surface area (Å²) in [7, 11) is 0. The summed E-state index contributed by atoms with van der Waals surface area (Å²) in [5.41, 5.74) is 0.985. The van der Waals surface area contributed by atoms with Crippen LogP contribution >= 0.6 is 15.9 Å². The van der Waals surface area contributed by atoms with Gasteiger partial charge in [0.25, 0.3) is 0 Å². The van der Waals surface area contributed by atoms with Crippen LogP contribution in [0.25, 0.3) is 0 Å². The van der Waals surface area contributed by atoms with Crippen LogP contribution in [0.3, 0.4) is 0 Å². The van der Waals surface area contributed by atoms with Gasteiger partial charge in [0.2, 0.25) is 0 Å². The average Bonchev–Trinajstić information content (AvgIpc) is 2.60. The van der Waals surface area contributed by atoms with E-state index in [1.807, 2.05) is 36.4 Å². The number of hydrogen-bond acceptors (Lipinski definition) is 5. The van der Waals surface area contributed by atoms with Crippen molar-refractivity contribution in [3.63, 3.8) is 0 Å². The van der Waals surface area contributed by atoms with Crippen molar-refractivity contribution in [2.45, 2.75) is 45.4 Å². The van der Waals surface area contributed by atoms with Crippen molar-refractivity contribution in [3.8, 4) is 0 Å². The van der Waals surface area contributed by atoms with E-state index >= 15 is 0 Å². The van der Waals surface area contributed by atoms with Crippen molar-refractivity contribution in [2.24, 2.45) is 0 Å². The third-order valence-electron chi connectivity index (χ3n) is 3.42. The van der Waals surface area contributed by atoms with Crippen molar-refractivity contribution in [1.29, 1.82) is 0 Å². The Balaban J connectivity index is 2.02. The molecule has 1 heterocycles. The van der Waals surface area contributed by atoms with Crippen LogP contribution in [0.2, 0.25) is 0 Å². The molecule has 1 aromatic carbocycles. The molecule has 7 heteroatoms. The van der Waals surface area contributed by atoms with Gasteiger partial charge in [0.1, 0.15) is 22.9 Å². The third-order valence-corrected chi connectivity index (χ3v) is 3.89. The second kappa shape index (κ2) is 9.50. The number of ether oxygens (including phenoxy) is 2. The zero-order valence-electron chi connectivity index (χ0n) is 15.6. The maximum atomic E-state index is 12.5. The fourth-order valence-electron chi connectivity index (χ4n) is 2.24. The van der Waals surface area contributed by atoms with Crippen LogP contribution in [-0.4, -0.2) is 28.7 Å². The number of rotatable bonds is 6. The second-order valence-corrected chi connectivity index (χ2v) is 7.80. The minimum atomic E-state index is -0.879. The highest BCUT2D eigenvalue weighted by molar-refractivity contribution is 9.10. The molecule has 0 fully saturated rings. The molecule has 0 aliphatic heterocycles. The van der Waals surface area contributed by atoms with Gasteiger partial charge in [-0.3, -0.25) is 0 Å². The van der Waals surface area contributed by atoms with E-state index in [0.29, 0.717) is 4.60 Å². The molecule has 2 rings (SSSR count). The first kappa shape index (κ1) is 20.9. The number of carbonyl (C=O) groups is 2. The predicted molar refractivity (Wildman–Crippen MR) is 105 cm³/mol. The summed E-state index contributed by atoms with van der Waals surface area (Å²) in [5, 5.41) is 2.60. The lowest BCUT2D eigenvalue weighted by molar-refractivity contribution is -0.157. The normalized spacial score (nSPS) is 12.1. The van der Waals surface area contributed by atoms with E-state index in [0.717, 1.165) is 11.1 Å². The fourth-order valence-corrected chi connectivity index (χ4v) is 2.47. The quantitative estimate of drug-likeness (QED) is 0.548. The molecule has 144 valence electrons. The molecule has 0 radical (unpaired) electrons. The predicted octanol–water partition coefficient (Wildman–Crippen LogP) is 4.02. The van der Waals surface area contributed by atoms with Crippen LogP contribution in [0.4, 0.5) is 4.79 Å². The smallest absolute Gasteiger partial charge is 0.408 e. The summed E-state index contributed by atoms with van der Waals surface area (Å²) in [4.78, 5) is 28.8. The third kappa shape index (κ3) is 7.78. The molecule has 0 aliphatic rings. The highest BCUT2D eigenvalue weighted by Crippen LogP contribution is 2.13. The molecule has 0 aliphatic carbocycles. The maximum Gasteiger partial charge on any atom is 0.408 e. The number of esters is 1. The number of pyridine rings is 1. The molecule has 0 saturated carbocycles. The largest absolute Gasteiger partial charge is 0.458 e. The summed E-state index contributed by atoms with van der Waals surface area (Å²) in [5.74, 6) is -0.526. The van der Waals surface area contributed by atoms with E-state index in [-0.39, 0.29) is 13.0 Å². The molecule has 1 atom stereocenters. The Morgan fingerprint density at radius 2 is 1.81 bits per heavy atom. The number of halogens is 1. The molecule has 0 saturated heterocycles. The Morgan fingerprint density at radius 1 is 1.11 bits per heavy atom. The average molecular weight is 435 g/mol. The van der Waals surface area contributed by atoms with Gasteiger partial charge >= 0.3 is 12.1 Å². The number of benzene rings is 1. The van der Waals surface area contributed by atoms with E-state index in [1.54, 1.807) is 33.0 Å². The van der Waals surface area contributed by atoms with Gasteiger partial charge in [-0.15, -0.1) is 0 Å². The molecule has 27 heavy (non-hydrogen) atoms. The number of carbonyl (C=O) groups excluding carboxylic acids is 2. The first-order valence-corrected chi connectivity index (χ1v) is 9.33. The van der Waals surface area contributed by atoms with Gasteiger partial charge in [0.05, 0.1) is 0 Å². The SMILES string of the molecule is CC(C)(C)OC(=O)[C@H](Cc1ccc(Br)nc1)NC(=O)OCc1ccccc1. The Hall–Kier alpha value is -2.41. The number of aromatic nitrogens is 1. The van der Waals surface area contributed by atoms with Gasteiger partial charge in [-0.05, 0) is 53.9 Å². The van der Waals surface area contributed by atoms with Crippen molar-refractivity contribution in [1.82, 2.24) is 10.3 Å². The molecule has 6 nitrogen and oxygen atoms in total. The highest BCUT2D eigenvalue weighted by atomic mass is 79.9. The number of nitrogens with zero attached hydrogens (tertiary/aromatic N) is 1. The zero-order chi connectivity index (χ0) is 19.9. The first-order valence-electron chi connectivity index (χ1n) is 8.53. The molecule has 0 spiro atoms. The zero-order valence-corrected chi connectivity index (χ0v) is 17.2. The van der Waals surface area contributed by atoms with Gasteiger partial charge in [0, 0.05) is 12.6 Å². The lowest BCUT2D eigenvalue weighted by atomic mass is 10.1. The Labute approximate surface area is 167 Å². The van der Waals surface area contributed by atoms with Gasteiger partial charge < -0.3 is 14.8 Å². The molecular weight excluding hydrogens is 412 g/mol. The Bertz CT molecular complexity index is 758. The van der Waals surface area contributed by atoms with Gasteiger partial charge in [-0.1, -0.05) is 36.4 Å². The van der Waals surface area contributed by atoms with Crippen LogP contribution in [0.5, 0.6) is 0 Å². The van der Waals surface area contributed by atoms with Crippen LogP contribution in [-0.2, 0) is 27.3 Å². The molecule has 0 unspecified atom stereocenters. The fraction of sp³-hybridized carbons (Fsp3) is 0.350. The number of amides is 1. The number of hydrogen-bond donors (Lipinski definition) is 1. The summed E-state index contributed by atoms with van der Waals surface area (Å²) in [6.07, 6.45) is 1.20. The Morgan fingerprint density at radius 3 is 2.41 bits per heavy atom. The van der Waals surface area contributed by atoms with Gasteiger partial charge in [0.15, 0.2) is 0 Å². The highest BCUT2D eigenvalue weighted by Gasteiger charge is 2.27. The number of nitrogens with one attached hydrogen (secondary N) is 1. The minimum absolute atomic E-state index is 0.119. The molecule has 1 N–H and O–H groups in total. The molecule has 1 aromatic heterocycles. The van der Waals surface area contributed by atoms with Crippen LogP contribution in [0, 0.1) is 0 Å². The number of alkyl carbamates (subject to hydrolysis) is 1. The van der Waals surface area contributed by atoms with Crippen LogP contribution < -0.4 is 5.32 Å². The summed E-state index contributed by atoms with van der Waals surface area (Å²) in [6, 6.07) is 12.0. The monoisotopic (exact) mass is 434 g/mol. The van der Waals surface area contributed by atoms with Gasteiger partial charge in [-0.25, -0.2) is 14.6 Å².